The first-order valence-electron chi connectivity index (χ1n) is 8.67. The van der Waals surface area contributed by atoms with E-state index in [1.54, 1.807) is 13.2 Å². The Hall–Kier alpha value is -3.18. The topological polar surface area (TPSA) is 67.8 Å². The number of carboxylic acid groups (broad SMARTS) is 1. The summed E-state index contributed by atoms with van der Waals surface area (Å²) in [7, 11) is 1.59. The highest BCUT2D eigenvalue weighted by molar-refractivity contribution is 6.33. The molecule has 0 aliphatic rings. The second-order valence-electron chi connectivity index (χ2n) is 6.11. The van der Waals surface area contributed by atoms with Crippen LogP contribution in [0.2, 0.25) is 5.02 Å². The normalized spacial score (nSPS) is 10.4. The van der Waals surface area contributed by atoms with E-state index in [9.17, 15) is 4.79 Å². The second-order valence-corrected chi connectivity index (χ2v) is 6.52. The van der Waals surface area contributed by atoms with Crippen LogP contribution in [0.3, 0.4) is 0 Å². The lowest BCUT2D eigenvalue weighted by molar-refractivity contribution is 0.0697. The quantitative estimate of drug-likeness (QED) is 0.544. The van der Waals surface area contributed by atoms with Crippen LogP contribution in [0.4, 0.5) is 5.69 Å². The van der Waals surface area contributed by atoms with Gasteiger partial charge in [-0.25, -0.2) is 4.79 Å². The number of carboxylic acids is 1. The molecule has 3 rings (SSSR count). The van der Waals surface area contributed by atoms with Crippen molar-refractivity contribution in [3.63, 3.8) is 0 Å². The number of hydrogen-bond acceptors (Lipinski definition) is 4. The van der Waals surface area contributed by atoms with E-state index in [-0.39, 0.29) is 5.56 Å². The van der Waals surface area contributed by atoms with Gasteiger partial charge in [-0.3, -0.25) is 0 Å². The summed E-state index contributed by atoms with van der Waals surface area (Å²) in [5, 5.41) is 12.7. The number of nitrogens with one attached hydrogen (secondary N) is 1. The lowest BCUT2D eigenvalue weighted by atomic mass is 10.1. The monoisotopic (exact) mass is 397 g/mol. The van der Waals surface area contributed by atoms with E-state index >= 15 is 0 Å². The van der Waals surface area contributed by atoms with Crippen LogP contribution in [0, 0.1) is 0 Å². The molecule has 0 fully saturated rings. The molecule has 0 saturated carbocycles. The van der Waals surface area contributed by atoms with E-state index in [1.807, 2.05) is 48.5 Å². The maximum absolute atomic E-state index is 11.1. The molecule has 0 aromatic heterocycles. The Kier molecular flexibility index (Phi) is 6.40. The molecule has 3 aromatic rings. The minimum absolute atomic E-state index is 0.175. The number of rotatable bonds is 8. The zero-order chi connectivity index (χ0) is 19.9. The summed E-state index contributed by atoms with van der Waals surface area (Å²) in [6, 6.07) is 20.1. The van der Waals surface area contributed by atoms with Gasteiger partial charge >= 0.3 is 5.97 Å². The van der Waals surface area contributed by atoms with Crippen molar-refractivity contribution in [1.29, 1.82) is 0 Å². The average Bonchev–Trinajstić information content (AvgIpc) is 2.72. The molecule has 0 heterocycles. The van der Waals surface area contributed by atoms with Crippen molar-refractivity contribution in [1.82, 2.24) is 0 Å². The number of ether oxygens (including phenoxy) is 2. The smallest absolute Gasteiger partial charge is 0.335 e. The Balaban J connectivity index is 1.68. The lowest BCUT2D eigenvalue weighted by Crippen LogP contribution is -2.04. The van der Waals surface area contributed by atoms with E-state index in [0.717, 1.165) is 11.1 Å². The summed E-state index contributed by atoms with van der Waals surface area (Å²) in [6.07, 6.45) is 0. The summed E-state index contributed by atoms with van der Waals surface area (Å²) in [5.74, 6) is 0.280. The third-order valence-electron chi connectivity index (χ3n) is 4.16. The van der Waals surface area contributed by atoms with Gasteiger partial charge in [0.1, 0.15) is 6.61 Å². The van der Waals surface area contributed by atoms with Crippen molar-refractivity contribution in [3.05, 3.63) is 88.4 Å². The van der Waals surface area contributed by atoms with E-state index < -0.39 is 5.97 Å². The highest BCUT2D eigenvalue weighted by atomic mass is 35.5. The Morgan fingerprint density at radius 2 is 1.79 bits per heavy atom. The summed E-state index contributed by atoms with van der Waals surface area (Å²) in [4.78, 5) is 11.1. The molecule has 0 bridgehead atoms. The molecule has 0 unspecified atom stereocenters. The van der Waals surface area contributed by atoms with E-state index in [2.05, 4.69) is 5.32 Å². The van der Waals surface area contributed by atoms with Gasteiger partial charge < -0.3 is 19.9 Å². The van der Waals surface area contributed by atoms with Crippen molar-refractivity contribution in [2.24, 2.45) is 0 Å². The van der Waals surface area contributed by atoms with Gasteiger partial charge in [-0.2, -0.15) is 0 Å². The van der Waals surface area contributed by atoms with Crippen LogP contribution in [0.25, 0.3) is 0 Å². The Bertz CT molecular complexity index is 960. The van der Waals surface area contributed by atoms with Crippen molar-refractivity contribution in [2.45, 2.75) is 13.2 Å². The van der Waals surface area contributed by atoms with Crippen molar-refractivity contribution in [3.8, 4) is 11.5 Å². The number of methoxy groups -OCH3 is 1. The van der Waals surface area contributed by atoms with Crippen molar-refractivity contribution in [2.75, 3.05) is 12.4 Å². The molecule has 0 aliphatic heterocycles. The second kappa shape index (κ2) is 9.15. The third kappa shape index (κ3) is 4.96. The molecule has 2 N–H and O–H groups in total. The van der Waals surface area contributed by atoms with E-state index in [0.29, 0.717) is 35.4 Å². The molecule has 5 nitrogen and oxygen atoms in total. The third-order valence-corrected chi connectivity index (χ3v) is 4.49. The number of benzene rings is 3. The van der Waals surface area contributed by atoms with Gasteiger partial charge in [0.2, 0.25) is 0 Å². The summed E-state index contributed by atoms with van der Waals surface area (Å²) in [6.45, 7) is 0.907. The fourth-order valence-corrected chi connectivity index (χ4v) is 2.85. The lowest BCUT2D eigenvalue weighted by Gasteiger charge is -2.14. The average molecular weight is 398 g/mol. The fraction of sp³-hybridized carbons (Fsp3) is 0.136. The van der Waals surface area contributed by atoms with Crippen LogP contribution < -0.4 is 14.8 Å². The predicted molar refractivity (Wildman–Crippen MR) is 110 cm³/mol. The maximum Gasteiger partial charge on any atom is 0.335 e. The molecular formula is C22H20ClNO4. The molecular weight excluding hydrogens is 378 g/mol. The largest absolute Gasteiger partial charge is 0.493 e. The molecule has 0 amide bonds. The zero-order valence-corrected chi connectivity index (χ0v) is 16.1. The highest BCUT2D eigenvalue weighted by Crippen LogP contribution is 2.30. The van der Waals surface area contributed by atoms with Gasteiger partial charge in [-0.15, -0.1) is 0 Å². The van der Waals surface area contributed by atoms with Gasteiger partial charge in [0.15, 0.2) is 11.5 Å². The fourth-order valence-electron chi connectivity index (χ4n) is 2.67. The number of hydrogen-bond donors (Lipinski definition) is 2. The summed E-state index contributed by atoms with van der Waals surface area (Å²) in [5.41, 5.74) is 2.75. The first-order valence-corrected chi connectivity index (χ1v) is 9.05. The maximum atomic E-state index is 11.1. The van der Waals surface area contributed by atoms with Crippen LogP contribution in [0.5, 0.6) is 11.5 Å². The molecule has 3 aromatic carbocycles. The van der Waals surface area contributed by atoms with Gasteiger partial charge in [0.05, 0.1) is 23.4 Å². The number of halogens is 1. The SMILES string of the molecule is COc1cc(CNc2cc(C(=O)O)ccc2Cl)ccc1OCc1ccccc1. The van der Waals surface area contributed by atoms with Crippen LogP contribution in [-0.2, 0) is 13.2 Å². The Labute approximate surface area is 168 Å². The molecule has 28 heavy (non-hydrogen) atoms. The number of anilines is 1. The van der Waals surface area contributed by atoms with Crippen LogP contribution in [0.15, 0.2) is 66.7 Å². The first-order chi connectivity index (χ1) is 13.6. The molecule has 0 aliphatic carbocycles. The summed E-state index contributed by atoms with van der Waals surface area (Å²) < 4.78 is 11.3. The number of aromatic carboxylic acids is 1. The van der Waals surface area contributed by atoms with Crippen molar-refractivity contribution >= 4 is 23.3 Å². The van der Waals surface area contributed by atoms with Gasteiger partial charge in [0, 0.05) is 6.54 Å². The summed E-state index contributed by atoms with van der Waals surface area (Å²) >= 11 is 6.15. The zero-order valence-electron chi connectivity index (χ0n) is 15.3. The van der Waals surface area contributed by atoms with Gasteiger partial charge in [-0.05, 0) is 41.5 Å². The molecule has 0 atom stereocenters. The standard InChI is InChI=1S/C22H20ClNO4/c1-27-21-11-16(7-10-20(21)28-14-15-5-3-2-4-6-15)13-24-19-12-17(22(25)26)8-9-18(19)23/h2-12,24H,13-14H2,1H3,(H,25,26). The van der Waals surface area contributed by atoms with E-state index in [1.165, 1.54) is 12.1 Å². The minimum atomic E-state index is -0.999. The van der Waals surface area contributed by atoms with Gasteiger partial charge in [-0.1, -0.05) is 48.0 Å². The van der Waals surface area contributed by atoms with E-state index in [4.69, 9.17) is 26.2 Å². The van der Waals surface area contributed by atoms with Crippen LogP contribution in [-0.4, -0.2) is 18.2 Å². The van der Waals surface area contributed by atoms with Crippen LogP contribution in [0.1, 0.15) is 21.5 Å². The molecule has 0 saturated heterocycles. The number of carbonyl (C=O) groups is 1. The molecule has 6 heteroatoms. The predicted octanol–water partition coefficient (Wildman–Crippen LogP) is 5.24. The first kappa shape index (κ1) is 19.6. The van der Waals surface area contributed by atoms with Gasteiger partial charge in [0.25, 0.3) is 0 Å². The van der Waals surface area contributed by atoms with Crippen molar-refractivity contribution < 1.29 is 19.4 Å². The minimum Gasteiger partial charge on any atom is -0.493 e. The Morgan fingerprint density at radius 3 is 2.50 bits per heavy atom. The Morgan fingerprint density at radius 1 is 1.00 bits per heavy atom. The molecule has 0 spiro atoms. The molecule has 144 valence electrons. The molecule has 0 radical (unpaired) electrons. The highest BCUT2D eigenvalue weighted by Gasteiger charge is 2.09. The van der Waals surface area contributed by atoms with Crippen LogP contribution >= 0.6 is 11.6 Å².